The number of carbonyl (C=O) groups excluding carboxylic acids is 1. The van der Waals surface area contributed by atoms with Gasteiger partial charge in [0, 0.05) is 49.8 Å². The summed E-state index contributed by atoms with van der Waals surface area (Å²) in [6.45, 7) is 4.79. The number of halogens is 2. The molecule has 24 heavy (non-hydrogen) atoms. The van der Waals surface area contributed by atoms with Crippen LogP contribution in [0.25, 0.3) is 0 Å². The Morgan fingerprint density at radius 3 is 2.46 bits per heavy atom. The summed E-state index contributed by atoms with van der Waals surface area (Å²) in [5, 5.41) is 0. The minimum atomic E-state index is 0. The van der Waals surface area contributed by atoms with E-state index in [2.05, 4.69) is 14.9 Å². The van der Waals surface area contributed by atoms with Crippen LogP contribution >= 0.6 is 24.8 Å². The summed E-state index contributed by atoms with van der Waals surface area (Å²) in [5.74, 6) is 0.901. The maximum atomic E-state index is 12.6. The van der Waals surface area contributed by atoms with Crippen LogP contribution in [0.4, 0.5) is 11.5 Å². The molecule has 6 nitrogen and oxygen atoms in total. The van der Waals surface area contributed by atoms with Gasteiger partial charge in [-0.2, -0.15) is 0 Å². The van der Waals surface area contributed by atoms with Crippen molar-refractivity contribution in [3.05, 3.63) is 47.9 Å². The van der Waals surface area contributed by atoms with E-state index >= 15 is 0 Å². The molecule has 3 rings (SSSR count). The first-order valence-corrected chi connectivity index (χ1v) is 7.31. The molecular formula is C16H21Cl2N5O. The minimum Gasteiger partial charge on any atom is -0.399 e. The zero-order valence-electron chi connectivity index (χ0n) is 13.4. The number of nitrogens with two attached hydrogens (primary N) is 1. The summed E-state index contributed by atoms with van der Waals surface area (Å²) in [6, 6.07) is 5.46. The van der Waals surface area contributed by atoms with Crippen LogP contribution in [-0.4, -0.2) is 47.0 Å². The van der Waals surface area contributed by atoms with E-state index in [1.54, 1.807) is 24.7 Å². The van der Waals surface area contributed by atoms with Crippen LogP contribution in [0.15, 0.2) is 36.8 Å². The second-order valence-electron chi connectivity index (χ2n) is 5.42. The SMILES string of the molecule is Cc1ccc(N)cc1C(=O)N1CCN(c2cnccn2)CC1.Cl.Cl. The first kappa shape index (κ1) is 20.0. The third-order valence-corrected chi connectivity index (χ3v) is 3.93. The first-order valence-electron chi connectivity index (χ1n) is 7.31. The Hall–Kier alpha value is -2.05. The molecule has 0 aliphatic carbocycles. The molecule has 1 aromatic heterocycles. The molecule has 1 fully saturated rings. The zero-order valence-corrected chi connectivity index (χ0v) is 15.0. The molecule has 0 saturated carbocycles. The Kier molecular flexibility index (Phi) is 7.25. The standard InChI is InChI=1S/C16H19N5O.2ClH/c1-12-2-3-13(17)10-14(12)16(22)21-8-6-20(7-9-21)15-11-18-4-5-19-15;;/h2-5,10-11H,6-9,17H2,1H3;2*1H. The van der Waals surface area contributed by atoms with Gasteiger partial charge >= 0.3 is 0 Å². The Morgan fingerprint density at radius 1 is 1.12 bits per heavy atom. The van der Waals surface area contributed by atoms with E-state index in [1.807, 2.05) is 24.0 Å². The van der Waals surface area contributed by atoms with Gasteiger partial charge in [-0.15, -0.1) is 24.8 Å². The number of nitrogens with zero attached hydrogens (tertiary/aromatic N) is 4. The second-order valence-corrected chi connectivity index (χ2v) is 5.42. The van der Waals surface area contributed by atoms with E-state index < -0.39 is 0 Å². The predicted molar refractivity (Wildman–Crippen MR) is 100 cm³/mol. The summed E-state index contributed by atoms with van der Waals surface area (Å²) >= 11 is 0. The van der Waals surface area contributed by atoms with E-state index in [-0.39, 0.29) is 30.7 Å². The molecule has 130 valence electrons. The van der Waals surface area contributed by atoms with Gasteiger partial charge in [-0.1, -0.05) is 6.07 Å². The fourth-order valence-corrected chi connectivity index (χ4v) is 2.63. The molecule has 0 atom stereocenters. The molecular weight excluding hydrogens is 349 g/mol. The highest BCUT2D eigenvalue weighted by molar-refractivity contribution is 5.96. The second kappa shape index (κ2) is 8.70. The van der Waals surface area contributed by atoms with E-state index in [4.69, 9.17) is 5.73 Å². The molecule has 2 aromatic rings. The van der Waals surface area contributed by atoms with Crippen molar-refractivity contribution in [3.8, 4) is 0 Å². The number of rotatable bonds is 2. The molecule has 0 bridgehead atoms. The highest BCUT2D eigenvalue weighted by Gasteiger charge is 2.23. The Labute approximate surface area is 153 Å². The molecule has 2 N–H and O–H groups in total. The molecule has 2 heterocycles. The number of aryl methyl sites for hydroxylation is 1. The van der Waals surface area contributed by atoms with Crippen LogP contribution in [0.1, 0.15) is 15.9 Å². The number of benzene rings is 1. The largest absolute Gasteiger partial charge is 0.399 e. The topological polar surface area (TPSA) is 75.4 Å². The lowest BCUT2D eigenvalue weighted by atomic mass is 10.1. The number of piperazine rings is 1. The smallest absolute Gasteiger partial charge is 0.254 e. The zero-order chi connectivity index (χ0) is 15.5. The van der Waals surface area contributed by atoms with Crippen LogP contribution in [0.3, 0.4) is 0 Å². The molecule has 1 saturated heterocycles. The van der Waals surface area contributed by atoms with Crippen molar-refractivity contribution in [2.75, 3.05) is 36.8 Å². The molecule has 0 spiro atoms. The van der Waals surface area contributed by atoms with E-state index in [1.165, 1.54) is 0 Å². The molecule has 1 amide bonds. The fraction of sp³-hybridized carbons (Fsp3) is 0.312. The summed E-state index contributed by atoms with van der Waals surface area (Å²) in [5.41, 5.74) is 8.06. The molecule has 1 aliphatic heterocycles. The highest BCUT2D eigenvalue weighted by atomic mass is 35.5. The van der Waals surface area contributed by atoms with E-state index in [9.17, 15) is 4.79 Å². The van der Waals surface area contributed by atoms with Gasteiger partial charge in [0.15, 0.2) is 0 Å². The molecule has 8 heteroatoms. The van der Waals surface area contributed by atoms with Gasteiger partial charge in [-0.25, -0.2) is 4.98 Å². The number of amides is 1. The van der Waals surface area contributed by atoms with Gasteiger partial charge in [-0.3, -0.25) is 9.78 Å². The number of carbonyl (C=O) groups is 1. The summed E-state index contributed by atoms with van der Waals surface area (Å²) in [6.07, 6.45) is 5.09. The van der Waals surface area contributed by atoms with Gasteiger partial charge in [0.25, 0.3) is 5.91 Å². The van der Waals surface area contributed by atoms with Crippen LogP contribution < -0.4 is 10.6 Å². The average molecular weight is 370 g/mol. The van der Waals surface area contributed by atoms with Crippen molar-refractivity contribution in [2.24, 2.45) is 0 Å². The molecule has 1 aliphatic rings. The van der Waals surface area contributed by atoms with Gasteiger partial charge in [0.2, 0.25) is 0 Å². The van der Waals surface area contributed by atoms with Crippen molar-refractivity contribution in [1.82, 2.24) is 14.9 Å². The number of nitrogen functional groups attached to an aromatic ring is 1. The lowest BCUT2D eigenvalue weighted by Gasteiger charge is -2.35. The lowest BCUT2D eigenvalue weighted by molar-refractivity contribution is 0.0746. The maximum Gasteiger partial charge on any atom is 0.254 e. The highest BCUT2D eigenvalue weighted by Crippen LogP contribution is 2.17. The fourth-order valence-electron chi connectivity index (χ4n) is 2.63. The first-order chi connectivity index (χ1) is 10.6. The van der Waals surface area contributed by atoms with Crippen molar-refractivity contribution in [1.29, 1.82) is 0 Å². The quantitative estimate of drug-likeness (QED) is 0.821. The van der Waals surface area contributed by atoms with Crippen molar-refractivity contribution >= 4 is 42.2 Å². The van der Waals surface area contributed by atoms with Crippen LogP contribution in [0, 0.1) is 6.92 Å². The molecule has 0 unspecified atom stereocenters. The number of anilines is 2. The van der Waals surface area contributed by atoms with Gasteiger partial charge in [0.05, 0.1) is 6.20 Å². The summed E-state index contributed by atoms with van der Waals surface area (Å²) in [7, 11) is 0. The van der Waals surface area contributed by atoms with Gasteiger partial charge in [-0.05, 0) is 24.6 Å². The van der Waals surface area contributed by atoms with Crippen molar-refractivity contribution < 1.29 is 4.79 Å². The normalized spacial score (nSPS) is 13.7. The van der Waals surface area contributed by atoms with Gasteiger partial charge < -0.3 is 15.5 Å². The average Bonchev–Trinajstić information content (AvgIpc) is 2.57. The third kappa shape index (κ3) is 4.27. The summed E-state index contributed by atoms with van der Waals surface area (Å²) in [4.78, 5) is 25.0. The minimum absolute atomic E-state index is 0. The Balaban J connectivity index is 0.00000144. The Morgan fingerprint density at radius 2 is 1.83 bits per heavy atom. The van der Waals surface area contributed by atoms with Crippen molar-refractivity contribution in [2.45, 2.75) is 6.92 Å². The maximum absolute atomic E-state index is 12.6. The van der Waals surface area contributed by atoms with Crippen LogP contribution in [0.5, 0.6) is 0 Å². The summed E-state index contributed by atoms with van der Waals surface area (Å²) < 4.78 is 0. The monoisotopic (exact) mass is 369 g/mol. The number of aromatic nitrogens is 2. The molecule has 1 aromatic carbocycles. The predicted octanol–water partition coefficient (Wildman–Crippen LogP) is 2.17. The third-order valence-electron chi connectivity index (χ3n) is 3.93. The number of hydrogen-bond acceptors (Lipinski definition) is 5. The number of hydrogen-bond donors (Lipinski definition) is 1. The van der Waals surface area contributed by atoms with Crippen LogP contribution in [0.2, 0.25) is 0 Å². The lowest BCUT2D eigenvalue weighted by Crippen LogP contribution is -2.49. The van der Waals surface area contributed by atoms with Crippen LogP contribution in [-0.2, 0) is 0 Å². The van der Waals surface area contributed by atoms with E-state index in [0.29, 0.717) is 24.3 Å². The van der Waals surface area contributed by atoms with Gasteiger partial charge in [0.1, 0.15) is 5.82 Å². The molecule has 0 radical (unpaired) electrons. The van der Waals surface area contributed by atoms with Crippen molar-refractivity contribution in [3.63, 3.8) is 0 Å². The van der Waals surface area contributed by atoms with E-state index in [0.717, 1.165) is 24.5 Å². The Bertz CT molecular complexity index is 675.